The maximum atomic E-state index is 13.4. The number of benzene rings is 2. The van der Waals surface area contributed by atoms with Gasteiger partial charge in [-0.3, -0.25) is 0 Å². The van der Waals surface area contributed by atoms with Crippen LogP contribution >= 0.6 is 0 Å². The van der Waals surface area contributed by atoms with Gasteiger partial charge in [0.05, 0.1) is 7.11 Å². The van der Waals surface area contributed by atoms with Crippen LogP contribution in [0.2, 0.25) is 0 Å². The summed E-state index contributed by atoms with van der Waals surface area (Å²) in [7, 11) is 1.67. The maximum absolute atomic E-state index is 13.4. The molecule has 2 N–H and O–H groups in total. The van der Waals surface area contributed by atoms with E-state index >= 15 is 0 Å². The number of hydrogen-bond donors (Lipinski definition) is 1. The smallest absolute Gasteiger partial charge is 0.123 e. The van der Waals surface area contributed by atoms with E-state index in [4.69, 9.17) is 10.5 Å². The van der Waals surface area contributed by atoms with E-state index in [1.165, 1.54) is 11.6 Å². The van der Waals surface area contributed by atoms with Gasteiger partial charge in [0, 0.05) is 5.92 Å². The summed E-state index contributed by atoms with van der Waals surface area (Å²) in [5.41, 5.74) is 9.36. The molecule has 23 heavy (non-hydrogen) atoms. The molecule has 0 aromatic heterocycles. The van der Waals surface area contributed by atoms with Crippen molar-refractivity contribution in [3.63, 3.8) is 0 Å². The van der Waals surface area contributed by atoms with Gasteiger partial charge in [-0.25, -0.2) is 4.39 Å². The van der Waals surface area contributed by atoms with Crippen molar-refractivity contribution in [2.75, 3.05) is 13.7 Å². The predicted octanol–water partition coefficient (Wildman–Crippen LogP) is 4.42. The van der Waals surface area contributed by atoms with Crippen LogP contribution in [0, 0.1) is 5.82 Å². The van der Waals surface area contributed by atoms with Gasteiger partial charge >= 0.3 is 0 Å². The van der Waals surface area contributed by atoms with Gasteiger partial charge in [-0.15, -0.1) is 0 Å². The standard InChI is InChI=1S/C20H26FNO/c1-20(2,3)16-8-9-19(23-4)18(12-16)15(13-22)10-14-6-5-7-17(21)11-14/h5-9,11-12,15H,10,13,22H2,1-4H3. The molecule has 2 aromatic rings. The highest BCUT2D eigenvalue weighted by Gasteiger charge is 2.20. The third-order valence-corrected chi connectivity index (χ3v) is 4.19. The molecular formula is C20H26FNO. The first kappa shape index (κ1) is 17.5. The van der Waals surface area contributed by atoms with E-state index in [0.29, 0.717) is 13.0 Å². The maximum Gasteiger partial charge on any atom is 0.123 e. The second-order valence-electron chi connectivity index (χ2n) is 6.97. The van der Waals surface area contributed by atoms with E-state index in [1.807, 2.05) is 12.1 Å². The van der Waals surface area contributed by atoms with Crippen molar-refractivity contribution in [1.82, 2.24) is 0 Å². The summed E-state index contributed by atoms with van der Waals surface area (Å²) >= 11 is 0. The molecule has 0 fully saturated rings. The Morgan fingerprint density at radius 1 is 1.13 bits per heavy atom. The number of hydrogen-bond acceptors (Lipinski definition) is 2. The summed E-state index contributed by atoms with van der Waals surface area (Å²) in [5, 5.41) is 0. The monoisotopic (exact) mass is 315 g/mol. The van der Waals surface area contributed by atoms with Gasteiger partial charge in [0.25, 0.3) is 0 Å². The van der Waals surface area contributed by atoms with Gasteiger partial charge in [-0.05, 0) is 53.3 Å². The van der Waals surface area contributed by atoms with Gasteiger partial charge in [0.15, 0.2) is 0 Å². The zero-order chi connectivity index (χ0) is 17.0. The van der Waals surface area contributed by atoms with E-state index in [0.717, 1.165) is 16.9 Å². The van der Waals surface area contributed by atoms with Crippen LogP contribution in [0.5, 0.6) is 5.75 Å². The second kappa shape index (κ2) is 7.14. The van der Waals surface area contributed by atoms with Crippen molar-refractivity contribution >= 4 is 0 Å². The second-order valence-corrected chi connectivity index (χ2v) is 6.97. The Bertz CT molecular complexity index is 661. The Hall–Kier alpha value is -1.87. The summed E-state index contributed by atoms with van der Waals surface area (Å²) in [6, 6.07) is 13.0. The summed E-state index contributed by atoms with van der Waals surface area (Å²) in [6.45, 7) is 7.04. The Labute approximate surface area is 138 Å². The lowest BCUT2D eigenvalue weighted by molar-refractivity contribution is 0.404. The molecule has 2 nitrogen and oxygen atoms in total. The van der Waals surface area contributed by atoms with Crippen LogP contribution in [0.4, 0.5) is 4.39 Å². The molecular weight excluding hydrogens is 289 g/mol. The van der Waals surface area contributed by atoms with Crippen molar-refractivity contribution in [3.05, 3.63) is 65.0 Å². The quantitative estimate of drug-likeness (QED) is 0.886. The van der Waals surface area contributed by atoms with Crippen LogP contribution in [0.1, 0.15) is 43.4 Å². The fraction of sp³-hybridized carbons (Fsp3) is 0.400. The summed E-state index contributed by atoms with van der Waals surface area (Å²) in [6.07, 6.45) is 0.693. The lowest BCUT2D eigenvalue weighted by Gasteiger charge is -2.24. The molecule has 0 heterocycles. The highest BCUT2D eigenvalue weighted by Crippen LogP contribution is 2.33. The first-order valence-corrected chi connectivity index (χ1v) is 7.98. The summed E-state index contributed by atoms with van der Waals surface area (Å²) < 4.78 is 19.0. The Balaban J connectivity index is 2.39. The molecule has 0 bridgehead atoms. The molecule has 0 radical (unpaired) electrons. The van der Waals surface area contributed by atoms with Crippen molar-refractivity contribution in [3.8, 4) is 5.75 Å². The Morgan fingerprint density at radius 3 is 2.43 bits per heavy atom. The van der Waals surface area contributed by atoms with Crippen molar-refractivity contribution in [2.45, 2.75) is 38.5 Å². The highest BCUT2D eigenvalue weighted by molar-refractivity contribution is 5.43. The highest BCUT2D eigenvalue weighted by atomic mass is 19.1. The minimum atomic E-state index is -0.214. The number of ether oxygens (including phenoxy) is 1. The van der Waals surface area contributed by atoms with Gasteiger partial charge in [-0.2, -0.15) is 0 Å². The molecule has 0 saturated heterocycles. The van der Waals surface area contributed by atoms with Crippen LogP contribution in [0.25, 0.3) is 0 Å². The third kappa shape index (κ3) is 4.32. The van der Waals surface area contributed by atoms with Crippen LogP contribution in [0.15, 0.2) is 42.5 Å². The fourth-order valence-electron chi connectivity index (χ4n) is 2.79. The average Bonchev–Trinajstić information content (AvgIpc) is 2.51. The molecule has 2 rings (SSSR count). The molecule has 0 aliphatic carbocycles. The Morgan fingerprint density at radius 2 is 1.87 bits per heavy atom. The SMILES string of the molecule is COc1ccc(C(C)(C)C)cc1C(CN)Cc1cccc(F)c1. The van der Waals surface area contributed by atoms with Gasteiger partial charge in [0.1, 0.15) is 11.6 Å². The first-order valence-electron chi connectivity index (χ1n) is 7.98. The van der Waals surface area contributed by atoms with E-state index in [2.05, 4.69) is 32.9 Å². The normalized spacial score (nSPS) is 13.0. The average molecular weight is 315 g/mol. The van der Waals surface area contributed by atoms with Crippen molar-refractivity contribution in [2.24, 2.45) is 5.73 Å². The molecule has 3 heteroatoms. The summed E-state index contributed by atoms with van der Waals surface area (Å²) in [5.74, 6) is 0.715. The van der Waals surface area contributed by atoms with E-state index in [1.54, 1.807) is 19.2 Å². The van der Waals surface area contributed by atoms with Gasteiger partial charge in [-0.1, -0.05) is 45.0 Å². The molecule has 124 valence electrons. The van der Waals surface area contributed by atoms with Crippen LogP contribution in [-0.4, -0.2) is 13.7 Å². The van der Waals surface area contributed by atoms with Gasteiger partial charge < -0.3 is 10.5 Å². The molecule has 0 aliphatic rings. The summed E-state index contributed by atoms with van der Waals surface area (Å²) in [4.78, 5) is 0. The molecule has 1 unspecified atom stereocenters. The van der Waals surface area contributed by atoms with E-state index < -0.39 is 0 Å². The van der Waals surface area contributed by atoms with Crippen LogP contribution in [0.3, 0.4) is 0 Å². The third-order valence-electron chi connectivity index (χ3n) is 4.19. The zero-order valence-electron chi connectivity index (χ0n) is 14.4. The largest absolute Gasteiger partial charge is 0.496 e. The molecule has 0 saturated carbocycles. The zero-order valence-corrected chi connectivity index (χ0v) is 14.4. The fourth-order valence-corrected chi connectivity index (χ4v) is 2.79. The van der Waals surface area contributed by atoms with Gasteiger partial charge in [0.2, 0.25) is 0 Å². The number of methoxy groups -OCH3 is 1. The van der Waals surface area contributed by atoms with Crippen molar-refractivity contribution < 1.29 is 9.13 Å². The molecule has 1 atom stereocenters. The van der Waals surface area contributed by atoms with Crippen LogP contribution in [-0.2, 0) is 11.8 Å². The number of rotatable bonds is 5. The first-order chi connectivity index (χ1) is 10.8. The lowest BCUT2D eigenvalue weighted by Crippen LogP contribution is -2.18. The number of halogens is 1. The topological polar surface area (TPSA) is 35.2 Å². The molecule has 0 amide bonds. The van der Waals surface area contributed by atoms with Crippen molar-refractivity contribution in [1.29, 1.82) is 0 Å². The van der Waals surface area contributed by atoms with E-state index in [9.17, 15) is 4.39 Å². The van der Waals surface area contributed by atoms with E-state index in [-0.39, 0.29) is 17.2 Å². The minimum Gasteiger partial charge on any atom is -0.496 e. The van der Waals surface area contributed by atoms with Crippen LogP contribution < -0.4 is 10.5 Å². The predicted molar refractivity (Wildman–Crippen MR) is 93.6 cm³/mol. The lowest BCUT2D eigenvalue weighted by atomic mass is 9.83. The minimum absolute atomic E-state index is 0.0546. The molecule has 0 aliphatic heterocycles. The molecule has 2 aromatic carbocycles. The number of nitrogens with two attached hydrogens (primary N) is 1. The Kier molecular flexibility index (Phi) is 5.42. The molecule has 0 spiro atoms.